The molecule has 4 nitrogen and oxygen atoms in total. The van der Waals surface area contributed by atoms with Crippen molar-refractivity contribution in [1.29, 1.82) is 0 Å². The van der Waals surface area contributed by atoms with Crippen LogP contribution in [0.3, 0.4) is 0 Å². The fraction of sp³-hybridized carbons (Fsp3) is 1.00. The summed E-state index contributed by atoms with van der Waals surface area (Å²) < 4.78 is 17.2. The average Bonchev–Trinajstić information content (AvgIpc) is 2.41. The van der Waals surface area contributed by atoms with Gasteiger partial charge in [-0.3, -0.25) is 4.90 Å². The van der Waals surface area contributed by atoms with Gasteiger partial charge in [0.05, 0.1) is 24.9 Å². The molecule has 5 heteroatoms. The molecule has 0 aromatic heterocycles. The molecule has 112 valence electrons. The molecule has 0 bridgehead atoms. The van der Waals surface area contributed by atoms with Crippen LogP contribution in [0.15, 0.2) is 0 Å². The van der Waals surface area contributed by atoms with Crippen molar-refractivity contribution in [1.82, 2.24) is 4.90 Å². The van der Waals surface area contributed by atoms with E-state index in [-0.39, 0.29) is 18.0 Å². The van der Waals surface area contributed by atoms with Crippen molar-refractivity contribution in [3.8, 4) is 0 Å². The summed E-state index contributed by atoms with van der Waals surface area (Å²) in [4.78, 5) is 2.47. The first-order chi connectivity index (χ1) is 8.86. The molecule has 0 radical (unpaired) electrons. The molecule has 0 aromatic rings. The lowest BCUT2D eigenvalue weighted by molar-refractivity contribution is -0.236. The number of ether oxygens (including phenoxy) is 3. The molecular formula is C14H26ClNO3. The Labute approximate surface area is 122 Å². The highest BCUT2D eigenvalue weighted by Gasteiger charge is 2.39. The van der Waals surface area contributed by atoms with Crippen LogP contribution in [-0.2, 0) is 14.2 Å². The first-order valence-corrected chi connectivity index (χ1v) is 7.42. The summed E-state index contributed by atoms with van der Waals surface area (Å²) in [5, 5.41) is 0. The number of rotatable bonds is 2. The number of nitrogens with zero attached hydrogens (tertiary/aromatic N) is 1. The van der Waals surface area contributed by atoms with E-state index >= 15 is 0 Å². The predicted molar refractivity (Wildman–Crippen MR) is 75.8 cm³/mol. The molecule has 2 aliphatic heterocycles. The van der Waals surface area contributed by atoms with E-state index in [0.717, 1.165) is 39.3 Å². The van der Waals surface area contributed by atoms with E-state index < -0.39 is 0 Å². The fourth-order valence-electron chi connectivity index (χ4n) is 3.52. The SMILES string of the molecule is C1CCC2(CC1)CC(CN1CCOCC1)OCO2.Cl. The zero-order valence-electron chi connectivity index (χ0n) is 11.6. The Balaban J connectivity index is 0.00000133. The molecule has 3 rings (SSSR count). The zero-order valence-corrected chi connectivity index (χ0v) is 12.5. The molecule has 0 amide bonds. The van der Waals surface area contributed by atoms with Gasteiger partial charge in [0.1, 0.15) is 6.79 Å². The van der Waals surface area contributed by atoms with Crippen molar-refractivity contribution >= 4 is 12.4 Å². The van der Waals surface area contributed by atoms with Gasteiger partial charge >= 0.3 is 0 Å². The third-order valence-electron chi connectivity index (χ3n) is 4.60. The van der Waals surface area contributed by atoms with Gasteiger partial charge in [0.25, 0.3) is 0 Å². The van der Waals surface area contributed by atoms with Crippen LogP contribution in [0.2, 0.25) is 0 Å². The van der Waals surface area contributed by atoms with Gasteiger partial charge < -0.3 is 14.2 Å². The highest BCUT2D eigenvalue weighted by Crippen LogP contribution is 2.38. The van der Waals surface area contributed by atoms with Crippen molar-refractivity contribution in [2.24, 2.45) is 0 Å². The number of hydrogen-bond donors (Lipinski definition) is 0. The lowest BCUT2D eigenvalue weighted by Crippen LogP contribution is -2.49. The van der Waals surface area contributed by atoms with Crippen molar-refractivity contribution in [2.45, 2.75) is 50.2 Å². The van der Waals surface area contributed by atoms with Gasteiger partial charge in [-0.2, -0.15) is 0 Å². The summed E-state index contributed by atoms with van der Waals surface area (Å²) in [5.74, 6) is 0. The van der Waals surface area contributed by atoms with E-state index in [0.29, 0.717) is 12.9 Å². The molecule has 1 unspecified atom stereocenters. The highest BCUT2D eigenvalue weighted by atomic mass is 35.5. The van der Waals surface area contributed by atoms with Gasteiger partial charge in [-0.1, -0.05) is 19.3 Å². The number of halogens is 1. The van der Waals surface area contributed by atoms with Gasteiger partial charge in [-0.15, -0.1) is 12.4 Å². The first kappa shape index (κ1) is 15.5. The minimum absolute atomic E-state index is 0. The highest BCUT2D eigenvalue weighted by molar-refractivity contribution is 5.85. The van der Waals surface area contributed by atoms with Crippen molar-refractivity contribution in [2.75, 3.05) is 39.6 Å². The van der Waals surface area contributed by atoms with Crippen LogP contribution in [-0.4, -0.2) is 56.2 Å². The van der Waals surface area contributed by atoms with Crippen LogP contribution in [0.4, 0.5) is 0 Å². The van der Waals surface area contributed by atoms with Gasteiger partial charge in [-0.05, 0) is 12.8 Å². The van der Waals surface area contributed by atoms with Crippen LogP contribution in [0, 0.1) is 0 Å². The molecule has 0 aromatic carbocycles. The lowest BCUT2D eigenvalue weighted by Gasteiger charge is -2.44. The predicted octanol–water partition coefficient (Wildman–Crippen LogP) is 2.21. The van der Waals surface area contributed by atoms with E-state index in [1.54, 1.807) is 0 Å². The molecule has 0 N–H and O–H groups in total. The minimum Gasteiger partial charge on any atom is -0.379 e. The summed E-state index contributed by atoms with van der Waals surface area (Å²) in [5.41, 5.74) is 0.146. The van der Waals surface area contributed by atoms with E-state index in [2.05, 4.69) is 4.90 Å². The summed E-state index contributed by atoms with van der Waals surface area (Å²) in [6, 6.07) is 0. The maximum atomic E-state index is 5.96. The first-order valence-electron chi connectivity index (χ1n) is 7.42. The average molecular weight is 292 g/mol. The molecule has 2 saturated heterocycles. The summed E-state index contributed by atoms with van der Waals surface area (Å²) in [7, 11) is 0. The summed E-state index contributed by atoms with van der Waals surface area (Å²) in [6.07, 6.45) is 7.93. The summed E-state index contributed by atoms with van der Waals surface area (Å²) >= 11 is 0. The lowest BCUT2D eigenvalue weighted by atomic mass is 9.80. The van der Waals surface area contributed by atoms with Crippen molar-refractivity contribution in [3.63, 3.8) is 0 Å². The molecule has 1 aliphatic carbocycles. The van der Waals surface area contributed by atoms with Crippen LogP contribution < -0.4 is 0 Å². The standard InChI is InChI=1S/C14H25NO3.ClH/c1-2-4-14(5-3-1)10-13(17-12-18-14)11-15-6-8-16-9-7-15;/h13H,1-12H2;1H. The molecule has 1 spiro atoms. The Morgan fingerprint density at radius 2 is 1.79 bits per heavy atom. The quantitative estimate of drug-likeness (QED) is 0.780. The Morgan fingerprint density at radius 3 is 2.53 bits per heavy atom. The fourth-order valence-corrected chi connectivity index (χ4v) is 3.52. The molecule has 3 aliphatic rings. The molecule has 1 saturated carbocycles. The normalized spacial score (nSPS) is 31.9. The van der Waals surface area contributed by atoms with Crippen molar-refractivity contribution < 1.29 is 14.2 Å². The molecule has 2 heterocycles. The smallest absolute Gasteiger partial charge is 0.147 e. The monoisotopic (exact) mass is 291 g/mol. The minimum atomic E-state index is 0. The van der Waals surface area contributed by atoms with E-state index in [9.17, 15) is 0 Å². The zero-order chi connectivity index (χ0) is 12.3. The van der Waals surface area contributed by atoms with Crippen LogP contribution >= 0.6 is 12.4 Å². The second-order valence-corrected chi connectivity index (χ2v) is 5.91. The number of morpholine rings is 1. The van der Waals surface area contributed by atoms with Crippen LogP contribution in [0.25, 0.3) is 0 Å². The molecule has 1 atom stereocenters. The van der Waals surface area contributed by atoms with E-state index in [1.807, 2.05) is 0 Å². The van der Waals surface area contributed by atoms with E-state index in [4.69, 9.17) is 14.2 Å². The van der Waals surface area contributed by atoms with E-state index in [1.165, 1.54) is 32.1 Å². The largest absolute Gasteiger partial charge is 0.379 e. The number of hydrogen-bond acceptors (Lipinski definition) is 4. The molecule has 19 heavy (non-hydrogen) atoms. The van der Waals surface area contributed by atoms with Crippen LogP contribution in [0.5, 0.6) is 0 Å². The third kappa shape index (κ3) is 4.05. The Bertz CT molecular complexity index is 260. The van der Waals surface area contributed by atoms with Gasteiger partial charge in [-0.25, -0.2) is 0 Å². The second kappa shape index (κ2) is 7.23. The van der Waals surface area contributed by atoms with Gasteiger partial charge in [0.2, 0.25) is 0 Å². The van der Waals surface area contributed by atoms with Gasteiger partial charge in [0, 0.05) is 26.1 Å². The maximum absolute atomic E-state index is 5.96. The van der Waals surface area contributed by atoms with Gasteiger partial charge in [0.15, 0.2) is 0 Å². The Kier molecular flexibility index (Phi) is 5.90. The Morgan fingerprint density at radius 1 is 1.05 bits per heavy atom. The second-order valence-electron chi connectivity index (χ2n) is 5.91. The van der Waals surface area contributed by atoms with Crippen LogP contribution in [0.1, 0.15) is 38.5 Å². The van der Waals surface area contributed by atoms with Crippen molar-refractivity contribution in [3.05, 3.63) is 0 Å². The Hall–Kier alpha value is 0.130. The molecular weight excluding hydrogens is 266 g/mol. The maximum Gasteiger partial charge on any atom is 0.147 e. The molecule has 3 fully saturated rings. The topological polar surface area (TPSA) is 30.9 Å². The third-order valence-corrected chi connectivity index (χ3v) is 4.60. The summed E-state index contributed by atoms with van der Waals surface area (Å²) in [6.45, 7) is 5.38.